The molecule has 0 radical (unpaired) electrons. The maximum atomic E-state index is 12.2. The lowest BCUT2D eigenvalue weighted by molar-refractivity contribution is 0.122. The molecule has 1 saturated carbocycles. The van der Waals surface area contributed by atoms with Crippen molar-refractivity contribution in [3.8, 4) is 0 Å². The normalized spacial score (nSPS) is 28.5. The van der Waals surface area contributed by atoms with Crippen LogP contribution in [0.15, 0.2) is 4.99 Å². The molecule has 2 rings (SSSR count). The molecule has 0 aromatic rings. The smallest absolute Gasteiger partial charge is 0.191 e. The lowest BCUT2D eigenvalue weighted by Gasteiger charge is -2.36. The van der Waals surface area contributed by atoms with Crippen LogP contribution in [0.25, 0.3) is 0 Å². The Morgan fingerprint density at radius 3 is 2.62 bits per heavy atom. The van der Waals surface area contributed by atoms with Crippen molar-refractivity contribution in [1.82, 2.24) is 20.4 Å². The Morgan fingerprint density at radius 2 is 1.96 bits per heavy atom. The fraction of sp³-hybridized carbons (Fsp3) is 0.947. The quantitative estimate of drug-likeness (QED) is 0.510. The standard InChI is InChI=1S/C19H39N5OS/c1-5-20-19(21-15-16(3)24-12-10-23(4)11-13-24)22-17-8-7-9-18(14-17)26(25)6-2/h16-18H,5-15H2,1-4H3,(H2,20,21,22). The molecule has 1 saturated heterocycles. The van der Waals surface area contributed by atoms with Gasteiger partial charge in [0.15, 0.2) is 5.96 Å². The summed E-state index contributed by atoms with van der Waals surface area (Å²) >= 11 is 0. The van der Waals surface area contributed by atoms with E-state index < -0.39 is 10.8 Å². The Bertz CT molecular complexity index is 465. The van der Waals surface area contributed by atoms with Crippen LogP contribution in [0.4, 0.5) is 0 Å². The third-order valence-corrected chi connectivity index (χ3v) is 7.38. The molecule has 1 aliphatic heterocycles. The van der Waals surface area contributed by atoms with E-state index in [4.69, 9.17) is 4.99 Å². The Hall–Kier alpha value is -0.660. The molecule has 1 aliphatic carbocycles. The van der Waals surface area contributed by atoms with Gasteiger partial charge in [0.1, 0.15) is 0 Å². The van der Waals surface area contributed by atoms with Crippen LogP contribution in [0.5, 0.6) is 0 Å². The summed E-state index contributed by atoms with van der Waals surface area (Å²) in [5.74, 6) is 1.69. The van der Waals surface area contributed by atoms with E-state index in [1.54, 1.807) is 0 Å². The Balaban J connectivity index is 1.86. The molecule has 0 spiro atoms. The molecule has 152 valence electrons. The molecule has 2 aliphatic rings. The molecule has 0 amide bonds. The molecule has 2 fully saturated rings. The van der Waals surface area contributed by atoms with Crippen LogP contribution in [0.3, 0.4) is 0 Å². The number of hydrogen-bond acceptors (Lipinski definition) is 4. The molecule has 4 unspecified atom stereocenters. The minimum atomic E-state index is -0.681. The minimum absolute atomic E-state index is 0.346. The summed E-state index contributed by atoms with van der Waals surface area (Å²) in [4.78, 5) is 9.78. The zero-order valence-electron chi connectivity index (χ0n) is 17.2. The van der Waals surface area contributed by atoms with Crippen LogP contribution in [-0.4, -0.2) is 89.4 Å². The van der Waals surface area contributed by atoms with E-state index in [0.29, 0.717) is 17.3 Å². The second kappa shape index (κ2) is 11.2. The van der Waals surface area contributed by atoms with Gasteiger partial charge in [0.2, 0.25) is 0 Å². The van der Waals surface area contributed by atoms with Gasteiger partial charge in [-0.15, -0.1) is 0 Å². The van der Waals surface area contributed by atoms with E-state index in [9.17, 15) is 4.21 Å². The second-order valence-corrected chi connectivity index (χ2v) is 9.71. The van der Waals surface area contributed by atoms with Crippen molar-refractivity contribution in [3.63, 3.8) is 0 Å². The number of nitrogens with one attached hydrogen (secondary N) is 2. The van der Waals surface area contributed by atoms with Crippen LogP contribution >= 0.6 is 0 Å². The first-order valence-electron chi connectivity index (χ1n) is 10.4. The maximum Gasteiger partial charge on any atom is 0.191 e. The van der Waals surface area contributed by atoms with Crippen LogP contribution in [0, 0.1) is 0 Å². The number of hydrogen-bond donors (Lipinski definition) is 2. The third-order valence-electron chi connectivity index (χ3n) is 5.64. The van der Waals surface area contributed by atoms with E-state index in [1.807, 2.05) is 6.92 Å². The summed E-state index contributed by atoms with van der Waals surface area (Å²) in [6.45, 7) is 12.6. The fourth-order valence-corrected chi connectivity index (χ4v) is 5.21. The number of nitrogens with zero attached hydrogens (tertiary/aromatic N) is 3. The van der Waals surface area contributed by atoms with Gasteiger partial charge in [-0.05, 0) is 40.2 Å². The van der Waals surface area contributed by atoms with Gasteiger partial charge in [-0.2, -0.15) is 0 Å². The van der Waals surface area contributed by atoms with Crippen molar-refractivity contribution >= 4 is 16.8 Å². The average Bonchev–Trinajstić information content (AvgIpc) is 2.66. The summed E-state index contributed by atoms with van der Waals surface area (Å²) in [5.41, 5.74) is 0. The highest BCUT2D eigenvalue weighted by atomic mass is 32.2. The predicted octanol–water partition coefficient (Wildman–Crippen LogP) is 1.26. The van der Waals surface area contributed by atoms with Crippen LogP contribution in [0.2, 0.25) is 0 Å². The topological polar surface area (TPSA) is 60.0 Å². The Kier molecular flexibility index (Phi) is 9.36. The Labute approximate surface area is 162 Å². The lowest BCUT2D eigenvalue weighted by Crippen LogP contribution is -2.50. The molecule has 4 atom stereocenters. The van der Waals surface area contributed by atoms with E-state index in [1.165, 1.54) is 0 Å². The fourth-order valence-electron chi connectivity index (χ4n) is 3.87. The number of likely N-dealkylation sites (N-methyl/N-ethyl adjacent to an activating group) is 1. The summed E-state index contributed by atoms with van der Waals surface area (Å²) in [6.07, 6.45) is 4.41. The number of guanidine groups is 1. The van der Waals surface area contributed by atoms with Crippen molar-refractivity contribution in [1.29, 1.82) is 0 Å². The van der Waals surface area contributed by atoms with E-state index in [0.717, 1.165) is 76.7 Å². The van der Waals surface area contributed by atoms with Gasteiger partial charge in [0.25, 0.3) is 0 Å². The maximum absolute atomic E-state index is 12.2. The van der Waals surface area contributed by atoms with Crippen LogP contribution < -0.4 is 10.6 Å². The molecular weight excluding hydrogens is 346 g/mol. The van der Waals surface area contributed by atoms with E-state index in [2.05, 4.69) is 41.3 Å². The molecule has 0 bridgehead atoms. The highest BCUT2D eigenvalue weighted by Gasteiger charge is 2.26. The SMILES string of the molecule is CCNC(=NCC(C)N1CCN(C)CC1)NC1CCCC(S(=O)CC)C1. The first-order chi connectivity index (χ1) is 12.5. The third kappa shape index (κ3) is 6.82. The molecule has 7 heteroatoms. The van der Waals surface area contributed by atoms with Crippen molar-refractivity contribution in [2.45, 2.75) is 63.8 Å². The van der Waals surface area contributed by atoms with Crippen LogP contribution in [0.1, 0.15) is 46.5 Å². The zero-order chi connectivity index (χ0) is 18.9. The van der Waals surface area contributed by atoms with Crippen molar-refractivity contribution in [2.24, 2.45) is 4.99 Å². The van der Waals surface area contributed by atoms with Gasteiger partial charge in [-0.3, -0.25) is 14.1 Å². The number of aliphatic imine (C=N–C) groups is 1. The highest BCUT2D eigenvalue weighted by molar-refractivity contribution is 7.85. The molecule has 0 aromatic heterocycles. The second-order valence-electron chi connectivity index (χ2n) is 7.71. The van der Waals surface area contributed by atoms with Crippen LogP contribution in [-0.2, 0) is 10.8 Å². The Morgan fingerprint density at radius 1 is 1.23 bits per heavy atom. The van der Waals surface area contributed by atoms with Gasteiger partial charge in [-0.1, -0.05) is 13.3 Å². The molecule has 0 aromatic carbocycles. The van der Waals surface area contributed by atoms with Crippen molar-refractivity contribution in [3.05, 3.63) is 0 Å². The monoisotopic (exact) mass is 385 g/mol. The average molecular weight is 386 g/mol. The zero-order valence-corrected chi connectivity index (χ0v) is 18.0. The molecule has 2 N–H and O–H groups in total. The van der Waals surface area contributed by atoms with Gasteiger partial charge >= 0.3 is 0 Å². The molecule has 6 nitrogen and oxygen atoms in total. The van der Waals surface area contributed by atoms with E-state index >= 15 is 0 Å². The largest absolute Gasteiger partial charge is 0.357 e. The lowest BCUT2D eigenvalue weighted by atomic mass is 9.95. The summed E-state index contributed by atoms with van der Waals surface area (Å²) in [7, 11) is 1.51. The molecule has 26 heavy (non-hydrogen) atoms. The first kappa shape index (κ1) is 21.6. The van der Waals surface area contributed by atoms with Gasteiger partial charge in [0, 0.05) is 66.6 Å². The number of rotatable bonds is 7. The summed E-state index contributed by atoms with van der Waals surface area (Å²) < 4.78 is 12.2. The molecular formula is C19H39N5OS. The van der Waals surface area contributed by atoms with Gasteiger partial charge in [-0.25, -0.2) is 0 Å². The van der Waals surface area contributed by atoms with Gasteiger partial charge < -0.3 is 15.5 Å². The van der Waals surface area contributed by atoms with Crippen molar-refractivity contribution < 1.29 is 4.21 Å². The first-order valence-corrected chi connectivity index (χ1v) is 11.8. The summed E-state index contributed by atoms with van der Waals surface area (Å²) in [6, 6.07) is 0.854. The number of piperazine rings is 1. The highest BCUT2D eigenvalue weighted by Crippen LogP contribution is 2.23. The molecule has 1 heterocycles. The predicted molar refractivity (Wildman–Crippen MR) is 112 cm³/mol. The van der Waals surface area contributed by atoms with E-state index in [-0.39, 0.29) is 0 Å². The summed E-state index contributed by atoms with van der Waals surface area (Å²) in [5, 5.41) is 7.34. The van der Waals surface area contributed by atoms with Gasteiger partial charge in [0.05, 0.1) is 6.54 Å². The minimum Gasteiger partial charge on any atom is -0.357 e. The van der Waals surface area contributed by atoms with Crippen molar-refractivity contribution in [2.75, 3.05) is 52.1 Å².